The third-order valence-corrected chi connectivity index (χ3v) is 2.00. The molecule has 0 saturated carbocycles. The third kappa shape index (κ3) is 2.53. The standard InChI is InChI=1S/C10H6F4N4/c11-6-1-5(3-16-4-6)7-2-8(15)18-9(17-7)10(12,13)14/h1-4H,(H2,15,17,18). The van der Waals surface area contributed by atoms with E-state index in [1.54, 1.807) is 0 Å². The van der Waals surface area contributed by atoms with E-state index in [9.17, 15) is 17.6 Å². The predicted octanol–water partition coefficient (Wildman–Crippen LogP) is 2.28. The average molecular weight is 258 g/mol. The molecule has 0 spiro atoms. The summed E-state index contributed by atoms with van der Waals surface area (Å²) in [6, 6.07) is 2.13. The van der Waals surface area contributed by atoms with Crippen LogP contribution in [0.4, 0.5) is 23.4 Å². The van der Waals surface area contributed by atoms with Gasteiger partial charge in [-0.1, -0.05) is 0 Å². The van der Waals surface area contributed by atoms with Crippen molar-refractivity contribution < 1.29 is 17.6 Å². The van der Waals surface area contributed by atoms with Crippen LogP contribution in [0.1, 0.15) is 5.82 Å². The van der Waals surface area contributed by atoms with Gasteiger partial charge < -0.3 is 5.73 Å². The van der Waals surface area contributed by atoms with E-state index in [0.29, 0.717) is 0 Å². The Morgan fingerprint density at radius 2 is 1.78 bits per heavy atom. The molecule has 2 heterocycles. The first kappa shape index (κ1) is 12.2. The molecule has 8 heteroatoms. The number of hydrogen-bond donors (Lipinski definition) is 1. The smallest absolute Gasteiger partial charge is 0.384 e. The Labute approximate surface area is 98.5 Å². The lowest BCUT2D eigenvalue weighted by Gasteiger charge is -2.08. The Morgan fingerprint density at radius 1 is 1.06 bits per heavy atom. The molecule has 2 rings (SSSR count). The fraction of sp³-hybridized carbons (Fsp3) is 0.100. The largest absolute Gasteiger partial charge is 0.451 e. The second-order valence-corrected chi connectivity index (χ2v) is 3.39. The molecular formula is C10H6F4N4. The predicted molar refractivity (Wildman–Crippen MR) is 54.6 cm³/mol. The van der Waals surface area contributed by atoms with E-state index in [-0.39, 0.29) is 17.1 Å². The van der Waals surface area contributed by atoms with Crippen molar-refractivity contribution in [3.8, 4) is 11.3 Å². The highest BCUT2D eigenvalue weighted by molar-refractivity contribution is 5.60. The topological polar surface area (TPSA) is 64.7 Å². The summed E-state index contributed by atoms with van der Waals surface area (Å²) in [5, 5.41) is 0. The average Bonchev–Trinajstić information content (AvgIpc) is 2.27. The zero-order chi connectivity index (χ0) is 13.3. The van der Waals surface area contributed by atoms with Gasteiger partial charge in [0.05, 0.1) is 11.9 Å². The van der Waals surface area contributed by atoms with Crippen LogP contribution in [-0.2, 0) is 6.18 Å². The van der Waals surface area contributed by atoms with Crippen molar-refractivity contribution in [1.29, 1.82) is 0 Å². The van der Waals surface area contributed by atoms with Crippen molar-refractivity contribution in [1.82, 2.24) is 15.0 Å². The van der Waals surface area contributed by atoms with Gasteiger partial charge in [0, 0.05) is 17.8 Å². The number of aromatic nitrogens is 3. The summed E-state index contributed by atoms with van der Waals surface area (Å²) in [5.41, 5.74) is 5.22. The summed E-state index contributed by atoms with van der Waals surface area (Å²) in [6.45, 7) is 0. The number of alkyl halides is 3. The molecule has 0 atom stereocenters. The van der Waals surface area contributed by atoms with Gasteiger partial charge >= 0.3 is 6.18 Å². The highest BCUT2D eigenvalue weighted by Gasteiger charge is 2.35. The van der Waals surface area contributed by atoms with Crippen LogP contribution >= 0.6 is 0 Å². The maximum absolute atomic E-state index is 12.9. The van der Waals surface area contributed by atoms with Gasteiger partial charge in [0.2, 0.25) is 5.82 Å². The van der Waals surface area contributed by atoms with Gasteiger partial charge in [0.25, 0.3) is 0 Å². The van der Waals surface area contributed by atoms with Gasteiger partial charge in [0.1, 0.15) is 11.6 Å². The lowest BCUT2D eigenvalue weighted by atomic mass is 10.2. The Hall–Kier alpha value is -2.25. The minimum Gasteiger partial charge on any atom is -0.384 e. The summed E-state index contributed by atoms with van der Waals surface area (Å²) >= 11 is 0. The van der Waals surface area contributed by atoms with Gasteiger partial charge in [0.15, 0.2) is 0 Å². The van der Waals surface area contributed by atoms with Gasteiger partial charge in [-0.15, -0.1) is 0 Å². The van der Waals surface area contributed by atoms with Crippen LogP contribution in [0.2, 0.25) is 0 Å². The van der Waals surface area contributed by atoms with E-state index in [4.69, 9.17) is 5.73 Å². The van der Waals surface area contributed by atoms with E-state index in [1.165, 1.54) is 6.20 Å². The molecule has 2 N–H and O–H groups in total. The molecular weight excluding hydrogens is 252 g/mol. The number of nitrogens with two attached hydrogens (primary N) is 1. The Bertz CT molecular complexity index is 582. The first-order valence-electron chi connectivity index (χ1n) is 4.69. The van der Waals surface area contributed by atoms with E-state index >= 15 is 0 Å². The molecule has 0 fully saturated rings. The maximum atomic E-state index is 12.9. The van der Waals surface area contributed by atoms with Crippen LogP contribution in [0.5, 0.6) is 0 Å². The number of nitrogens with zero attached hydrogens (tertiary/aromatic N) is 3. The molecule has 0 unspecified atom stereocenters. The zero-order valence-electron chi connectivity index (χ0n) is 8.74. The fourth-order valence-corrected chi connectivity index (χ4v) is 1.29. The number of anilines is 1. The van der Waals surface area contributed by atoms with Crippen LogP contribution in [-0.4, -0.2) is 15.0 Å². The summed E-state index contributed by atoms with van der Waals surface area (Å²) in [4.78, 5) is 9.90. The highest BCUT2D eigenvalue weighted by Crippen LogP contribution is 2.29. The summed E-state index contributed by atoms with van der Waals surface area (Å²) < 4.78 is 50.3. The van der Waals surface area contributed by atoms with Gasteiger partial charge in [-0.25, -0.2) is 14.4 Å². The van der Waals surface area contributed by atoms with E-state index in [0.717, 1.165) is 18.3 Å². The van der Waals surface area contributed by atoms with E-state index < -0.39 is 17.8 Å². The van der Waals surface area contributed by atoms with E-state index in [1.807, 2.05) is 0 Å². The fourth-order valence-electron chi connectivity index (χ4n) is 1.29. The molecule has 94 valence electrons. The van der Waals surface area contributed by atoms with Crippen LogP contribution in [0.25, 0.3) is 11.3 Å². The van der Waals surface area contributed by atoms with Crippen LogP contribution in [0.3, 0.4) is 0 Å². The Kier molecular flexibility index (Phi) is 2.85. The van der Waals surface area contributed by atoms with Crippen molar-refractivity contribution >= 4 is 5.82 Å². The molecule has 2 aromatic rings. The minimum absolute atomic E-state index is 0.0922. The second kappa shape index (κ2) is 4.21. The number of rotatable bonds is 1. The number of hydrogen-bond acceptors (Lipinski definition) is 4. The number of pyridine rings is 1. The lowest BCUT2D eigenvalue weighted by molar-refractivity contribution is -0.144. The second-order valence-electron chi connectivity index (χ2n) is 3.39. The van der Waals surface area contributed by atoms with Crippen molar-refractivity contribution in [2.45, 2.75) is 6.18 Å². The SMILES string of the molecule is Nc1cc(-c2cncc(F)c2)nc(C(F)(F)F)n1. The quantitative estimate of drug-likeness (QED) is 0.797. The van der Waals surface area contributed by atoms with Gasteiger partial charge in [-0.3, -0.25) is 4.98 Å². The summed E-state index contributed by atoms with van der Waals surface area (Å²) in [5.74, 6) is -2.41. The van der Waals surface area contributed by atoms with Crippen LogP contribution < -0.4 is 5.73 Å². The maximum Gasteiger partial charge on any atom is 0.451 e. The summed E-state index contributed by atoms with van der Waals surface area (Å²) in [7, 11) is 0. The number of halogens is 4. The van der Waals surface area contributed by atoms with Gasteiger partial charge in [-0.2, -0.15) is 13.2 Å². The Morgan fingerprint density at radius 3 is 2.39 bits per heavy atom. The molecule has 0 amide bonds. The third-order valence-electron chi connectivity index (χ3n) is 2.00. The molecule has 0 aliphatic heterocycles. The molecule has 0 radical (unpaired) electrons. The number of nitrogen functional groups attached to an aromatic ring is 1. The first-order valence-corrected chi connectivity index (χ1v) is 4.69. The highest BCUT2D eigenvalue weighted by atomic mass is 19.4. The Balaban J connectivity index is 2.55. The molecule has 2 aromatic heterocycles. The molecule has 18 heavy (non-hydrogen) atoms. The zero-order valence-corrected chi connectivity index (χ0v) is 8.74. The lowest BCUT2D eigenvalue weighted by Crippen LogP contribution is -2.13. The minimum atomic E-state index is -4.72. The molecule has 0 bridgehead atoms. The van der Waals surface area contributed by atoms with Gasteiger partial charge in [-0.05, 0) is 6.07 Å². The molecule has 0 saturated heterocycles. The van der Waals surface area contributed by atoms with Crippen molar-refractivity contribution in [2.75, 3.05) is 5.73 Å². The monoisotopic (exact) mass is 258 g/mol. The molecule has 0 aliphatic rings. The molecule has 0 aliphatic carbocycles. The van der Waals surface area contributed by atoms with Crippen molar-refractivity contribution in [2.24, 2.45) is 0 Å². The summed E-state index contributed by atoms with van der Waals surface area (Å²) in [6.07, 6.45) is -2.60. The van der Waals surface area contributed by atoms with Crippen LogP contribution in [0.15, 0.2) is 24.5 Å². The normalized spacial score (nSPS) is 11.6. The van der Waals surface area contributed by atoms with Crippen LogP contribution in [0, 0.1) is 5.82 Å². The molecule has 0 aromatic carbocycles. The van der Waals surface area contributed by atoms with Crippen molar-refractivity contribution in [3.05, 3.63) is 36.2 Å². The van der Waals surface area contributed by atoms with Crippen molar-refractivity contribution in [3.63, 3.8) is 0 Å². The molecule has 4 nitrogen and oxygen atoms in total. The van der Waals surface area contributed by atoms with E-state index in [2.05, 4.69) is 15.0 Å². The first-order chi connectivity index (χ1) is 8.36.